The van der Waals surface area contributed by atoms with E-state index >= 15 is 0 Å². The molecular weight excluding hydrogens is 350 g/mol. The van der Waals surface area contributed by atoms with Crippen LogP contribution in [0.1, 0.15) is 41.5 Å². The van der Waals surface area contributed by atoms with Crippen molar-refractivity contribution in [2.75, 3.05) is 16.8 Å². The molecule has 0 aromatic heterocycles. The Morgan fingerprint density at radius 3 is 2.50 bits per heavy atom. The second-order valence-electron chi connectivity index (χ2n) is 8.29. The molecule has 0 radical (unpaired) electrons. The van der Waals surface area contributed by atoms with E-state index in [4.69, 9.17) is 4.84 Å². The molecule has 1 aliphatic carbocycles. The Kier molecular flexibility index (Phi) is 3.60. The van der Waals surface area contributed by atoms with Crippen LogP contribution in [0.2, 0.25) is 0 Å². The van der Waals surface area contributed by atoms with Gasteiger partial charge in [0.2, 0.25) is 11.6 Å². The number of carbonyl (C=O) groups is 1. The number of rotatable bonds is 1. The number of benzene rings is 2. The average Bonchev–Trinajstić information content (AvgIpc) is 3.23. The minimum atomic E-state index is -0.725. The number of aryl methyl sites for hydroxylation is 3. The molecule has 2 atom stereocenters. The van der Waals surface area contributed by atoms with Crippen molar-refractivity contribution in [3.05, 3.63) is 58.7 Å². The van der Waals surface area contributed by atoms with Crippen LogP contribution in [-0.4, -0.2) is 24.5 Å². The van der Waals surface area contributed by atoms with Gasteiger partial charge in [-0.1, -0.05) is 35.0 Å². The summed E-state index contributed by atoms with van der Waals surface area (Å²) in [6.45, 7) is 6.35. The van der Waals surface area contributed by atoms with Crippen LogP contribution < -0.4 is 9.80 Å². The predicted molar refractivity (Wildman–Crippen MR) is 111 cm³/mol. The lowest BCUT2D eigenvalue weighted by molar-refractivity contribution is -0.131. The lowest BCUT2D eigenvalue weighted by atomic mass is 9.93. The van der Waals surface area contributed by atoms with E-state index in [1.807, 2.05) is 25.2 Å². The molecule has 2 heterocycles. The smallest absolute Gasteiger partial charge is 0.236 e. The van der Waals surface area contributed by atoms with Crippen molar-refractivity contribution in [2.45, 2.75) is 45.8 Å². The summed E-state index contributed by atoms with van der Waals surface area (Å²) in [5.74, 6) is 0.705. The molecule has 28 heavy (non-hydrogen) atoms. The molecule has 2 aromatic rings. The van der Waals surface area contributed by atoms with Gasteiger partial charge in [0.25, 0.3) is 0 Å². The molecule has 2 aromatic carbocycles. The van der Waals surface area contributed by atoms with Gasteiger partial charge >= 0.3 is 0 Å². The number of para-hydroxylation sites is 2. The Bertz CT molecular complexity index is 1010. The van der Waals surface area contributed by atoms with Gasteiger partial charge in [-0.2, -0.15) is 0 Å². The Morgan fingerprint density at radius 2 is 1.79 bits per heavy atom. The number of nitrogens with zero attached hydrogens (tertiary/aromatic N) is 3. The second-order valence-corrected chi connectivity index (χ2v) is 8.29. The predicted octanol–water partition coefficient (Wildman–Crippen LogP) is 4.28. The molecule has 5 heteroatoms. The molecule has 1 spiro atoms. The van der Waals surface area contributed by atoms with Crippen molar-refractivity contribution in [1.29, 1.82) is 0 Å². The summed E-state index contributed by atoms with van der Waals surface area (Å²) in [6, 6.07) is 12.4. The molecule has 3 aliphatic rings. The van der Waals surface area contributed by atoms with E-state index in [-0.39, 0.29) is 11.8 Å². The number of oxime groups is 1. The third kappa shape index (κ3) is 2.13. The summed E-state index contributed by atoms with van der Waals surface area (Å²) in [6.07, 6.45) is 2.57. The normalized spacial score (nSPS) is 25.6. The zero-order valence-corrected chi connectivity index (χ0v) is 16.8. The first kappa shape index (κ1) is 17.3. The number of hydrogen-bond acceptors (Lipinski definition) is 4. The van der Waals surface area contributed by atoms with Gasteiger partial charge in [0.05, 0.1) is 11.4 Å². The number of carbonyl (C=O) groups excluding carboxylic acids is 1. The largest absolute Gasteiger partial charge is 0.364 e. The maximum atomic E-state index is 13.3. The monoisotopic (exact) mass is 375 g/mol. The van der Waals surface area contributed by atoms with Gasteiger partial charge in [0.1, 0.15) is 5.92 Å². The van der Waals surface area contributed by atoms with E-state index < -0.39 is 5.72 Å². The molecule has 5 nitrogen and oxygen atoms in total. The summed E-state index contributed by atoms with van der Waals surface area (Å²) in [7, 11) is 1.87. The Balaban J connectivity index is 1.77. The first-order chi connectivity index (χ1) is 13.4. The van der Waals surface area contributed by atoms with E-state index in [1.165, 1.54) is 16.7 Å². The first-order valence-electron chi connectivity index (χ1n) is 9.95. The Labute approximate surface area is 165 Å². The SMILES string of the molecule is Cc1cc(C)c(C2=NOC34CCCC3C(=O)N(C)c3ccccc3N24)c(C)c1. The average molecular weight is 375 g/mol. The van der Waals surface area contributed by atoms with Crippen LogP contribution in [0.5, 0.6) is 0 Å². The Morgan fingerprint density at radius 1 is 1.11 bits per heavy atom. The highest BCUT2D eigenvalue weighted by atomic mass is 16.7. The minimum Gasteiger partial charge on any atom is -0.364 e. The van der Waals surface area contributed by atoms with Crippen LogP contribution in [0.4, 0.5) is 11.4 Å². The van der Waals surface area contributed by atoms with Crippen molar-refractivity contribution in [2.24, 2.45) is 11.1 Å². The van der Waals surface area contributed by atoms with Gasteiger partial charge < -0.3 is 9.74 Å². The molecule has 1 fully saturated rings. The highest BCUT2D eigenvalue weighted by Gasteiger charge is 2.61. The van der Waals surface area contributed by atoms with Gasteiger partial charge in [-0.3, -0.25) is 9.69 Å². The number of hydrogen-bond donors (Lipinski definition) is 0. The highest BCUT2D eigenvalue weighted by molar-refractivity contribution is 6.17. The third-order valence-corrected chi connectivity index (χ3v) is 6.47. The van der Waals surface area contributed by atoms with E-state index in [1.54, 1.807) is 4.90 Å². The number of anilines is 2. The fraction of sp³-hybridized carbons (Fsp3) is 0.391. The summed E-state index contributed by atoms with van der Waals surface area (Å²) < 4.78 is 0. The molecule has 5 rings (SSSR count). The number of amidine groups is 1. The van der Waals surface area contributed by atoms with Crippen LogP contribution >= 0.6 is 0 Å². The quantitative estimate of drug-likeness (QED) is 0.747. The van der Waals surface area contributed by atoms with Gasteiger partial charge in [-0.25, -0.2) is 0 Å². The van der Waals surface area contributed by atoms with E-state index in [0.717, 1.165) is 42.0 Å². The topological polar surface area (TPSA) is 45.1 Å². The van der Waals surface area contributed by atoms with Crippen LogP contribution in [0.3, 0.4) is 0 Å². The fourth-order valence-corrected chi connectivity index (χ4v) is 5.33. The summed E-state index contributed by atoms with van der Waals surface area (Å²) in [5.41, 5.74) is 5.84. The van der Waals surface area contributed by atoms with Crippen LogP contribution in [0.15, 0.2) is 41.6 Å². The molecule has 0 saturated heterocycles. The van der Waals surface area contributed by atoms with Gasteiger partial charge in [-0.15, -0.1) is 0 Å². The lowest BCUT2D eigenvalue weighted by Crippen LogP contribution is -2.54. The maximum absolute atomic E-state index is 13.3. The number of amides is 1. The zero-order chi connectivity index (χ0) is 19.6. The molecule has 0 N–H and O–H groups in total. The summed E-state index contributed by atoms with van der Waals surface area (Å²) in [5, 5.41) is 4.61. The molecule has 1 saturated carbocycles. The molecule has 2 unspecified atom stereocenters. The standard InChI is InChI=1S/C23H25N3O2/c1-14-12-15(2)20(16(3)13-14)21-24-28-23-11-7-8-17(23)22(27)25(4)18-9-5-6-10-19(18)26(21)23/h5-6,9-10,12-13,17H,7-8,11H2,1-4H3. The lowest BCUT2D eigenvalue weighted by Gasteiger charge is -2.36. The van der Waals surface area contributed by atoms with Crippen molar-refractivity contribution < 1.29 is 9.63 Å². The van der Waals surface area contributed by atoms with Crippen molar-refractivity contribution in [3.8, 4) is 0 Å². The highest BCUT2D eigenvalue weighted by Crippen LogP contribution is 2.52. The van der Waals surface area contributed by atoms with Crippen LogP contribution in [-0.2, 0) is 9.63 Å². The zero-order valence-electron chi connectivity index (χ0n) is 16.8. The van der Waals surface area contributed by atoms with Gasteiger partial charge in [0, 0.05) is 19.0 Å². The molecule has 1 amide bonds. The van der Waals surface area contributed by atoms with E-state index in [9.17, 15) is 4.79 Å². The van der Waals surface area contributed by atoms with Gasteiger partial charge in [-0.05, 0) is 56.9 Å². The summed E-state index contributed by atoms with van der Waals surface area (Å²) in [4.78, 5) is 23.5. The molecule has 2 aliphatic heterocycles. The Hall–Kier alpha value is -2.82. The van der Waals surface area contributed by atoms with Crippen molar-refractivity contribution >= 4 is 23.1 Å². The van der Waals surface area contributed by atoms with Crippen LogP contribution in [0.25, 0.3) is 0 Å². The second kappa shape index (κ2) is 5.84. The summed E-state index contributed by atoms with van der Waals surface area (Å²) >= 11 is 0. The number of fused-ring (bicyclic) bond motifs is 2. The molecular formula is C23H25N3O2. The van der Waals surface area contributed by atoms with Gasteiger partial charge in [0.15, 0.2) is 5.84 Å². The molecule has 144 valence electrons. The molecule has 0 bridgehead atoms. The minimum absolute atomic E-state index is 0.112. The van der Waals surface area contributed by atoms with E-state index in [0.29, 0.717) is 0 Å². The van der Waals surface area contributed by atoms with Crippen molar-refractivity contribution in [1.82, 2.24) is 0 Å². The maximum Gasteiger partial charge on any atom is 0.236 e. The van der Waals surface area contributed by atoms with Crippen LogP contribution in [0, 0.1) is 26.7 Å². The third-order valence-electron chi connectivity index (χ3n) is 6.47. The first-order valence-corrected chi connectivity index (χ1v) is 9.95. The fourth-order valence-electron chi connectivity index (χ4n) is 5.33. The van der Waals surface area contributed by atoms with Crippen molar-refractivity contribution in [3.63, 3.8) is 0 Å². The van der Waals surface area contributed by atoms with E-state index in [2.05, 4.69) is 49.0 Å².